The van der Waals surface area contributed by atoms with Gasteiger partial charge in [-0.15, -0.1) is 0 Å². The Morgan fingerprint density at radius 1 is 1.12 bits per heavy atom. The van der Waals surface area contributed by atoms with Gasteiger partial charge in [0.2, 0.25) is 15.9 Å². The number of hydrogen-bond donors (Lipinski definition) is 1. The zero-order chi connectivity index (χ0) is 22.7. The van der Waals surface area contributed by atoms with Gasteiger partial charge in [-0.05, 0) is 61.7 Å². The lowest BCUT2D eigenvalue weighted by atomic mass is 9.97. The second-order valence-corrected chi connectivity index (χ2v) is 9.65. The van der Waals surface area contributed by atoms with Gasteiger partial charge < -0.3 is 5.32 Å². The van der Waals surface area contributed by atoms with E-state index in [4.69, 9.17) is 0 Å². The predicted molar refractivity (Wildman–Crippen MR) is 116 cm³/mol. The molecule has 1 N–H and O–H groups in total. The number of imidazole rings is 1. The molecule has 0 spiro atoms. The number of nitrogens with one attached hydrogen (secondary N) is 1. The highest BCUT2D eigenvalue weighted by Gasteiger charge is 2.32. The lowest BCUT2D eigenvalue weighted by Crippen LogP contribution is -2.42. The number of piperidine rings is 1. The first-order valence-electron chi connectivity index (χ1n) is 10.3. The van der Waals surface area contributed by atoms with E-state index >= 15 is 0 Å². The molecule has 0 saturated carbocycles. The smallest absolute Gasteiger partial charge is 0.243 e. The second kappa shape index (κ2) is 9.17. The van der Waals surface area contributed by atoms with Crippen LogP contribution in [0.15, 0.2) is 59.9 Å². The van der Waals surface area contributed by atoms with Gasteiger partial charge in [-0.2, -0.15) is 4.31 Å². The fourth-order valence-corrected chi connectivity index (χ4v) is 5.24. The summed E-state index contributed by atoms with van der Waals surface area (Å²) in [5.74, 6) is 0.709. The van der Waals surface area contributed by atoms with Crippen LogP contribution in [0.4, 0.5) is 4.39 Å². The Morgan fingerprint density at radius 2 is 1.84 bits per heavy atom. The van der Waals surface area contributed by atoms with E-state index < -0.39 is 15.8 Å². The molecule has 3 heterocycles. The van der Waals surface area contributed by atoms with Crippen LogP contribution >= 0.6 is 0 Å². The van der Waals surface area contributed by atoms with Gasteiger partial charge in [0.05, 0.1) is 4.90 Å². The van der Waals surface area contributed by atoms with Crippen molar-refractivity contribution < 1.29 is 17.6 Å². The minimum atomic E-state index is -3.69. The Morgan fingerprint density at radius 3 is 2.50 bits per heavy atom. The van der Waals surface area contributed by atoms with Gasteiger partial charge in [0.1, 0.15) is 17.5 Å². The number of halogens is 1. The van der Waals surface area contributed by atoms with Crippen LogP contribution < -0.4 is 5.32 Å². The highest BCUT2D eigenvalue weighted by molar-refractivity contribution is 7.89. The Balaban J connectivity index is 1.32. The maximum Gasteiger partial charge on any atom is 0.243 e. The zero-order valence-electron chi connectivity index (χ0n) is 17.6. The molecule has 1 saturated heterocycles. The Kier molecular flexibility index (Phi) is 6.33. The first-order valence-corrected chi connectivity index (χ1v) is 11.8. The average Bonchev–Trinajstić information content (AvgIpc) is 3.24. The van der Waals surface area contributed by atoms with Crippen LogP contribution in [0.1, 0.15) is 24.2 Å². The second-order valence-electron chi connectivity index (χ2n) is 7.72. The lowest BCUT2D eigenvalue weighted by molar-refractivity contribution is -0.126. The van der Waals surface area contributed by atoms with E-state index in [0.29, 0.717) is 19.4 Å². The zero-order valence-corrected chi connectivity index (χ0v) is 18.4. The quantitative estimate of drug-likeness (QED) is 0.613. The van der Waals surface area contributed by atoms with Crippen LogP contribution in [-0.4, -0.2) is 46.3 Å². The molecule has 10 heteroatoms. The summed E-state index contributed by atoms with van der Waals surface area (Å²) < 4.78 is 41.8. The molecule has 0 aliphatic carbocycles. The Labute approximate surface area is 186 Å². The van der Waals surface area contributed by atoms with Crippen LogP contribution in [0, 0.1) is 18.7 Å². The summed E-state index contributed by atoms with van der Waals surface area (Å²) in [6.07, 6.45) is 6.08. The maximum absolute atomic E-state index is 13.1. The van der Waals surface area contributed by atoms with Gasteiger partial charge in [0.15, 0.2) is 0 Å². The van der Waals surface area contributed by atoms with E-state index in [1.165, 1.54) is 16.4 Å². The molecule has 8 nitrogen and oxygen atoms in total. The molecule has 1 aromatic carbocycles. The number of carbonyl (C=O) groups is 1. The van der Waals surface area contributed by atoms with Gasteiger partial charge in [0.25, 0.3) is 0 Å². The van der Waals surface area contributed by atoms with Crippen molar-refractivity contribution >= 4 is 15.9 Å². The van der Waals surface area contributed by atoms with Crippen LogP contribution in [-0.2, 0) is 21.4 Å². The number of amides is 1. The Hall–Kier alpha value is -3.11. The van der Waals surface area contributed by atoms with Crippen LogP contribution in [0.2, 0.25) is 0 Å². The third-order valence-corrected chi connectivity index (χ3v) is 7.54. The number of sulfonamides is 1. The molecular formula is C22H24FN5O3S. The van der Waals surface area contributed by atoms with E-state index in [-0.39, 0.29) is 29.8 Å². The van der Waals surface area contributed by atoms with Gasteiger partial charge >= 0.3 is 0 Å². The van der Waals surface area contributed by atoms with E-state index in [1.807, 2.05) is 29.8 Å². The molecule has 3 aromatic rings. The van der Waals surface area contributed by atoms with Gasteiger partial charge in [0, 0.05) is 44.1 Å². The SMILES string of the molecule is Cc1nccn1-c1cc(CNC(=O)C2CCN(S(=O)(=O)c3ccc(F)cc3)CC2)ccn1. The van der Waals surface area contributed by atoms with E-state index in [1.54, 1.807) is 12.4 Å². The van der Waals surface area contributed by atoms with Crippen LogP contribution in [0.3, 0.4) is 0 Å². The molecule has 168 valence electrons. The number of benzene rings is 1. The molecule has 32 heavy (non-hydrogen) atoms. The number of aromatic nitrogens is 3. The average molecular weight is 458 g/mol. The maximum atomic E-state index is 13.1. The monoisotopic (exact) mass is 457 g/mol. The standard InChI is InChI=1S/C22H24FN5O3S/c1-16-24-10-13-28(16)21-14-17(6-9-25-21)15-26-22(29)18-7-11-27(12-8-18)32(30,31)20-4-2-19(23)3-5-20/h2-6,9-10,13-14,18H,7-8,11-12,15H2,1H3,(H,26,29). The van der Waals surface area contributed by atoms with Crippen LogP contribution in [0.25, 0.3) is 5.82 Å². The lowest BCUT2D eigenvalue weighted by Gasteiger charge is -2.30. The molecule has 1 amide bonds. The van der Waals surface area contributed by atoms with Crippen molar-refractivity contribution in [2.45, 2.75) is 31.2 Å². The topological polar surface area (TPSA) is 97.2 Å². The first kappa shape index (κ1) is 22.1. The summed E-state index contributed by atoms with van der Waals surface area (Å²) in [6, 6.07) is 8.52. The molecule has 1 aliphatic heterocycles. The van der Waals surface area contributed by atoms with Crippen molar-refractivity contribution in [2.75, 3.05) is 13.1 Å². The van der Waals surface area contributed by atoms with Gasteiger partial charge in [-0.25, -0.2) is 22.8 Å². The molecule has 0 atom stereocenters. The number of pyridine rings is 1. The summed E-state index contributed by atoms with van der Waals surface area (Å²) in [4.78, 5) is 21.3. The van der Waals surface area contributed by atoms with Crippen molar-refractivity contribution in [1.82, 2.24) is 24.2 Å². The third kappa shape index (κ3) is 4.71. The number of carbonyl (C=O) groups excluding carboxylic acids is 1. The summed E-state index contributed by atoms with van der Waals surface area (Å²) in [5.41, 5.74) is 0.910. The summed E-state index contributed by atoms with van der Waals surface area (Å²) >= 11 is 0. The van der Waals surface area contributed by atoms with Crippen LogP contribution in [0.5, 0.6) is 0 Å². The molecule has 1 aliphatic rings. The number of rotatable bonds is 6. The normalized spacial score (nSPS) is 15.6. The summed E-state index contributed by atoms with van der Waals surface area (Å²) in [7, 11) is -3.69. The predicted octanol–water partition coefficient (Wildman–Crippen LogP) is 2.43. The number of hydrogen-bond acceptors (Lipinski definition) is 5. The van der Waals surface area contributed by atoms with Gasteiger partial charge in [-0.1, -0.05) is 0 Å². The molecule has 0 bridgehead atoms. The summed E-state index contributed by atoms with van der Waals surface area (Å²) in [6.45, 7) is 2.74. The van der Waals surface area contributed by atoms with Crippen molar-refractivity contribution in [2.24, 2.45) is 5.92 Å². The van der Waals surface area contributed by atoms with E-state index in [0.717, 1.165) is 29.3 Å². The highest BCUT2D eigenvalue weighted by atomic mass is 32.2. The minimum absolute atomic E-state index is 0.0587. The Bertz CT molecular complexity index is 1200. The number of aryl methyl sites for hydroxylation is 1. The molecule has 4 rings (SSSR count). The number of nitrogens with zero attached hydrogens (tertiary/aromatic N) is 4. The third-order valence-electron chi connectivity index (χ3n) is 5.63. The van der Waals surface area contributed by atoms with Crippen molar-refractivity contribution in [3.63, 3.8) is 0 Å². The highest BCUT2D eigenvalue weighted by Crippen LogP contribution is 2.24. The minimum Gasteiger partial charge on any atom is -0.352 e. The van der Waals surface area contributed by atoms with E-state index in [2.05, 4.69) is 15.3 Å². The molecule has 0 radical (unpaired) electrons. The van der Waals surface area contributed by atoms with Gasteiger partial charge in [-0.3, -0.25) is 9.36 Å². The molecular weight excluding hydrogens is 433 g/mol. The molecule has 0 unspecified atom stereocenters. The van der Waals surface area contributed by atoms with Crippen molar-refractivity contribution in [3.8, 4) is 5.82 Å². The molecule has 1 fully saturated rings. The molecule has 2 aromatic heterocycles. The first-order chi connectivity index (χ1) is 15.3. The fraction of sp³-hybridized carbons (Fsp3) is 0.318. The summed E-state index contributed by atoms with van der Waals surface area (Å²) in [5, 5.41) is 2.95. The van der Waals surface area contributed by atoms with E-state index in [9.17, 15) is 17.6 Å². The fourth-order valence-electron chi connectivity index (χ4n) is 3.77. The van der Waals surface area contributed by atoms with Crippen molar-refractivity contribution in [1.29, 1.82) is 0 Å². The van der Waals surface area contributed by atoms with Crippen molar-refractivity contribution in [3.05, 3.63) is 72.2 Å². The largest absolute Gasteiger partial charge is 0.352 e.